The average molecular weight is 440 g/mol. The van der Waals surface area contributed by atoms with Crippen molar-refractivity contribution in [2.24, 2.45) is 0 Å². The van der Waals surface area contributed by atoms with E-state index in [1.807, 2.05) is 6.92 Å². The smallest absolute Gasteiger partial charge is 0.326 e. The molecule has 9 heteroatoms. The molecule has 2 aromatic carbocycles. The molecule has 1 heterocycles. The number of nitrogens with zero attached hydrogens (tertiary/aromatic N) is 1. The summed E-state index contributed by atoms with van der Waals surface area (Å²) in [6, 6.07) is 10.3. The van der Waals surface area contributed by atoms with Crippen LogP contribution >= 0.6 is 0 Å². The summed E-state index contributed by atoms with van der Waals surface area (Å²) in [5.41, 5.74) is 0.102. The van der Waals surface area contributed by atoms with Crippen LogP contribution in [0, 0.1) is 6.92 Å². The van der Waals surface area contributed by atoms with Gasteiger partial charge in [-0.1, -0.05) is 30.2 Å². The molecule has 1 atom stereocenters. The minimum Gasteiger partial charge on any atom is -0.326 e. The van der Waals surface area contributed by atoms with E-state index in [1.165, 1.54) is 16.4 Å². The molecule has 0 aromatic heterocycles. The van der Waals surface area contributed by atoms with E-state index in [2.05, 4.69) is 5.32 Å². The molecular formula is C21H23F3N2O3S. The van der Waals surface area contributed by atoms with Crippen molar-refractivity contribution in [1.29, 1.82) is 0 Å². The van der Waals surface area contributed by atoms with Crippen molar-refractivity contribution in [2.75, 3.05) is 11.9 Å². The molecule has 1 fully saturated rings. The van der Waals surface area contributed by atoms with Gasteiger partial charge in [0.05, 0.1) is 10.5 Å². The first-order valence-corrected chi connectivity index (χ1v) is 11.1. The van der Waals surface area contributed by atoms with Gasteiger partial charge in [0.1, 0.15) is 0 Å². The van der Waals surface area contributed by atoms with Crippen LogP contribution in [0.25, 0.3) is 0 Å². The number of piperidine rings is 1. The van der Waals surface area contributed by atoms with E-state index in [1.54, 1.807) is 24.3 Å². The maximum atomic E-state index is 13.1. The fourth-order valence-corrected chi connectivity index (χ4v) is 5.23. The van der Waals surface area contributed by atoms with Crippen LogP contribution in [0.4, 0.5) is 18.9 Å². The third kappa shape index (κ3) is 5.20. The van der Waals surface area contributed by atoms with Crippen LogP contribution in [-0.4, -0.2) is 31.2 Å². The first-order chi connectivity index (χ1) is 14.1. The Labute approximate surface area is 173 Å². The third-order valence-electron chi connectivity index (χ3n) is 5.10. The number of sulfonamides is 1. The molecule has 0 radical (unpaired) electrons. The Morgan fingerprint density at radius 3 is 2.50 bits per heavy atom. The SMILES string of the molecule is Cc1ccc(S(=O)(=O)N2CCCCC2CC(=O)Nc2cccc(C(F)(F)F)c2)cc1. The number of alkyl halides is 3. The Hall–Kier alpha value is -2.39. The second-order valence-electron chi connectivity index (χ2n) is 7.41. The predicted octanol–water partition coefficient (Wildman–Crippen LogP) is 4.59. The molecule has 2 aromatic rings. The zero-order valence-corrected chi connectivity index (χ0v) is 17.3. The summed E-state index contributed by atoms with van der Waals surface area (Å²) < 4.78 is 66.1. The van der Waals surface area contributed by atoms with Crippen molar-refractivity contribution in [3.63, 3.8) is 0 Å². The monoisotopic (exact) mass is 440 g/mol. The van der Waals surface area contributed by atoms with E-state index in [4.69, 9.17) is 0 Å². The Balaban J connectivity index is 1.74. The third-order valence-corrected chi connectivity index (χ3v) is 7.06. The van der Waals surface area contributed by atoms with Gasteiger partial charge in [0.15, 0.2) is 0 Å². The second-order valence-corrected chi connectivity index (χ2v) is 9.30. The largest absolute Gasteiger partial charge is 0.416 e. The van der Waals surface area contributed by atoms with Gasteiger partial charge in [-0.15, -0.1) is 0 Å². The lowest BCUT2D eigenvalue weighted by atomic mass is 10.0. The van der Waals surface area contributed by atoms with Crippen molar-refractivity contribution in [3.8, 4) is 0 Å². The van der Waals surface area contributed by atoms with Crippen molar-refractivity contribution < 1.29 is 26.4 Å². The standard InChI is InChI=1S/C21H23F3N2O3S/c1-15-8-10-19(11-9-15)30(28,29)26-12-3-2-7-18(26)14-20(27)25-17-6-4-5-16(13-17)21(22,23)24/h4-6,8-11,13,18H,2-3,7,12,14H2,1H3,(H,25,27). The molecule has 3 rings (SSSR count). The fraction of sp³-hybridized carbons (Fsp3) is 0.381. The molecule has 0 spiro atoms. The number of rotatable bonds is 5. The topological polar surface area (TPSA) is 66.5 Å². The molecule has 1 aliphatic rings. The Morgan fingerprint density at radius 2 is 1.83 bits per heavy atom. The van der Waals surface area contributed by atoms with Gasteiger partial charge in [-0.3, -0.25) is 4.79 Å². The molecule has 30 heavy (non-hydrogen) atoms. The summed E-state index contributed by atoms with van der Waals surface area (Å²) in [4.78, 5) is 12.6. The first-order valence-electron chi connectivity index (χ1n) is 9.63. The highest BCUT2D eigenvalue weighted by atomic mass is 32.2. The lowest BCUT2D eigenvalue weighted by Gasteiger charge is -2.34. The van der Waals surface area contributed by atoms with Crippen LogP contribution in [0.15, 0.2) is 53.4 Å². The van der Waals surface area contributed by atoms with E-state index < -0.39 is 33.7 Å². The maximum absolute atomic E-state index is 13.1. The van der Waals surface area contributed by atoms with Gasteiger partial charge in [-0.05, 0) is 50.1 Å². The van der Waals surface area contributed by atoms with Crippen LogP contribution in [0.5, 0.6) is 0 Å². The van der Waals surface area contributed by atoms with Crippen molar-refractivity contribution >= 4 is 21.6 Å². The van der Waals surface area contributed by atoms with Crippen LogP contribution < -0.4 is 5.32 Å². The van der Waals surface area contributed by atoms with Gasteiger partial charge >= 0.3 is 6.18 Å². The minimum atomic E-state index is -4.51. The van der Waals surface area contributed by atoms with Gasteiger partial charge in [0, 0.05) is 24.7 Å². The van der Waals surface area contributed by atoms with Crippen LogP contribution in [0.2, 0.25) is 0 Å². The summed E-state index contributed by atoms with van der Waals surface area (Å²) in [6.07, 6.45) is -2.65. The summed E-state index contributed by atoms with van der Waals surface area (Å²) in [7, 11) is -3.77. The van der Waals surface area contributed by atoms with Crippen LogP contribution in [0.3, 0.4) is 0 Å². The van der Waals surface area contributed by atoms with Crippen molar-refractivity contribution in [1.82, 2.24) is 4.31 Å². The number of nitrogens with one attached hydrogen (secondary N) is 1. The molecule has 1 amide bonds. The first kappa shape index (κ1) is 22.3. The van der Waals surface area contributed by atoms with E-state index in [0.29, 0.717) is 19.4 Å². The van der Waals surface area contributed by atoms with E-state index in [-0.39, 0.29) is 17.0 Å². The molecule has 1 N–H and O–H groups in total. The normalized spacial score (nSPS) is 18.2. The number of hydrogen-bond donors (Lipinski definition) is 1. The molecule has 0 aliphatic carbocycles. The number of benzene rings is 2. The van der Waals surface area contributed by atoms with E-state index in [0.717, 1.165) is 24.1 Å². The highest BCUT2D eigenvalue weighted by molar-refractivity contribution is 7.89. The highest BCUT2D eigenvalue weighted by Gasteiger charge is 2.35. The Morgan fingerprint density at radius 1 is 1.13 bits per heavy atom. The number of anilines is 1. The molecule has 1 saturated heterocycles. The van der Waals surface area contributed by atoms with Gasteiger partial charge in [-0.2, -0.15) is 17.5 Å². The molecule has 1 aliphatic heterocycles. The second kappa shape index (κ2) is 8.77. The summed E-state index contributed by atoms with van der Waals surface area (Å²) >= 11 is 0. The van der Waals surface area contributed by atoms with Gasteiger partial charge < -0.3 is 5.32 Å². The van der Waals surface area contributed by atoms with Gasteiger partial charge in [0.25, 0.3) is 0 Å². The van der Waals surface area contributed by atoms with Gasteiger partial charge in [-0.25, -0.2) is 8.42 Å². The van der Waals surface area contributed by atoms with Crippen molar-refractivity contribution in [3.05, 3.63) is 59.7 Å². The average Bonchev–Trinajstić information content (AvgIpc) is 2.68. The van der Waals surface area contributed by atoms with Crippen molar-refractivity contribution in [2.45, 2.75) is 49.7 Å². The Bertz CT molecular complexity index is 1000. The summed E-state index contributed by atoms with van der Waals surface area (Å²) in [6.45, 7) is 2.16. The lowest BCUT2D eigenvalue weighted by Crippen LogP contribution is -2.45. The molecule has 0 saturated carbocycles. The number of carbonyl (C=O) groups excluding carboxylic acids is 1. The molecule has 1 unspecified atom stereocenters. The molecule has 0 bridgehead atoms. The number of halogens is 3. The predicted molar refractivity (Wildman–Crippen MR) is 107 cm³/mol. The number of carbonyl (C=O) groups is 1. The summed E-state index contributed by atoms with van der Waals surface area (Å²) in [5.74, 6) is -0.523. The minimum absolute atomic E-state index is 0.0265. The molecule has 5 nitrogen and oxygen atoms in total. The number of aryl methyl sites for hydroxylation is 1. The zero-order chi connectivity index (χ0) is 21.9. The Kier molecular flexibility index (Phi) is 6.52. The fourth-order valence-electron chi connectivity index (χ4n) is 3.54. The molecular weight excluding hydrogens is 417 g/mol. The highest BCUT2D eigenvalue weighted by Crippen LogP contribution is 2.31. The number of amides is 1. The quantitative estimate of drug-likeness (QED) is 0.740. The summed E-state index contributed by atoms with van der Waals surface area (Å²) in [5, 5.41) is 2.46. The van der Waals surface area contributed by atoms with E-state index >= 15 is 0 Å². The maximum Gasteiger partial charge on any atom is 0.416 e. The zero-order valence-electron chi connectivity index (χ0n) is 16.4. The van der Waals surface area contributed by atoms with Crippen LogP contribution in [0.1, 0.15) is 36.8 Å². The van der Waals surface area contributed by atoms with Crippen LogP contribution in [-0.2, 0) is 21.0 Å². The molecule has 162 valence electrons. The van der Waals surface area contributed by atoms with Gasteiger partial charge in [0.2, 0.25) is 15.9 Å². The number of hydrogen-bond acceptors (Lipinski definition) is 3. The van der Waals surface area contributed by atoms with E-state index in [9.17, 15) is 26.4 Å². The lowest BCUT2D eigenvalue weighted by molar-refractivity contribution is -0.137.